The molecule has 0 spiro atoms. The average Bonchev–Trinajstić information content (AvgIpc) is 2.51. The summed E-state index contributed by atoms with van der Waals surface area (Å²) in [6.45, 7) is 6.86. The monoisotopic (exact) mass is 332 g/mol. The van der Waals surface area contributed by atoms with Gasteiger partial charge < -0.3 is 10.6 Å². The summed E-state index contributed by atoms with van der Waals surface area (Å²) in [6.07, 6.45) is 3.97. The lowest BCUT2D eigenvalue weighted by Crippen LogP contribution is -2.25. The Kier molecular flexibility index (Phi) is 5.93. The number of carbonyl (C=O) groups excluding carboxylic acids is 1. The van der Waals surface area contributed by atoms with Crippen molar-refractivity contribution < 1.29 is 4.79 Å². The Morgan fingerprint density at radius 3 is 2.61 bits per heavy atom. The lowest BCUT2D eigenvalue weighted by Gasteiger charge is -2.09. The molecule has 5 nitrogen and oxygen atoms in total. The molecule has 2 rings (SSSR count). The van der Waals surface area contributed by atoms with E-state index in [1.807, 2.05) is 25.1 Å². The molecule has 23 heavy (non-hydrogen) atoms. The Balaban J connectivity index is 1.99. The van der Waals surface area contributed by atoms with Gasteiger partial charge in [0.25, 0.3) is 5.91 Å². The molecule has 0 unspecified atom stereocenters. The summed E-state index contributed by atoms with van der Waals surface area (Å²) in [5, 5.41) is 6.60. The van der Waals surface area contributed by atoms with Crippen molar-refractivity contribution in [1.82, 2.24) is 15.3 Å². The van der Waals surface area contributed by atoms with Crippen molar-refractivity contribution in [2.75, 3.05) is 11.9 Å². The van der Waals surface area contributed by atoms with Crippen molar-refractivity contribution in [2.24, 2.45) is 5.92 Å². The molecule has 122 valence electrons. The van der Waals surface area contributed by atoms with Gasteiger partial charge in [0.05, 0.1) is 5.56 Å². The molecule has 0 radical (unpaired) electrons. The normalized spacial score (nSPS) is 10.7. The number of rotatable bonds is 6. The summed E-state index contributed by atoms with van der Waals surface area (Å²) >= 11 is 5.99. The van der Waals surface area contributed by atoms with Crippen LogP contribution < -0.4 is 10.6 Å². The standard InChI is InChI=1S/C17H21ClN4O/c1-11(2)6-7-19-16(23)13-9-20-17(21-10-13)22-15-8-14(18)5-4-12(15)3/h4-5,8-11H,6-7H2,1-3H3,(H,19,23)(H,20,21,22). The fraction of sp³-hybridized carbons (Fsp3) is 0.353. The van der Waals surface area contributed by atoms with Crippen LogP contribution in [0.25, 0.3) is 0 Å². The third kappa shape index (κ3) is 5.21. The number of anilines is 2. The fourth-order valence-corrected chi connectivity index (χ4v) is 2.11. The molecule has 1 amide bonds. The van der Waals surface area contributed by atoms with Crippen LogP contribution in [-0.2, 0) is 0 Å². The van der Waals surface area contributed by atoms with Crippen molar-refractivity contribution >= 4 is 29.1 Å². The molecular weight excluding hydrogens is 312 g/mol. The van der Waals surface area contributed by atoms with Crippen LogP contribution in [0.5, 0.6) is 0 Å². The van der Waals surface area contributed by atoms with E-state index >= 15 is 0 Å². The summed E-state index contributed by atoms with van der Waals surface area (Å²) in [5.74, 6) is 0.823. The molecule has 0 aliphatic heterocycles. The molecule has 1 aromatic carbocycles. The van der Waals surface area contributed by atoms with Gasteiger partial charge in [-0.25, -0.2) is 9.97 Å². The summed E-state index contributed by atoms with van der Waals surface area (Å²) in [5.41, 5.74) is 2.32. The number of hydrogen-bond acceptors (Lipinski definition) is 4. The molecule has 0 aliphatic rings. The Hall–Kier alpha value is -2.14. The second-order valence-electron chi connectivity index (χ2n) is 5.82. The van der Waals surface area contributed by atoms with Crippen LogP contribution in [-0.4, -0.2) is 22.4 Å². The molecule has 2 N–H and O–H groups in total. The predicted octanol–water partition coefficient (Wildman–Crippen LogP) is 3.96. The lowest BCUT2D eigenvalue weighted by molar-refractivity contribution is 0.0951. The lowest BCUT2D eigenvalue weighted by atomic mass is 10.1. The highest BCUT2D eigenvalue weighted by molar-refractivity contribution is 6.30. The number of aryl methyl sites for hydroxylation is 1. The van der Waals surface area contributed by atoms with Crippen LogP contribution in [0.1, 0.15) is 36.2 Å². The molecule has 0 aliphatic carbocycles. The van der Waals surface area contributed by atoms with Gasteiger partial charge in [-0.05, 0) is 37.0 Å². The molecule has 0 saturated heterocycles. The van der Waals surface area contributed by atoms with Gasteiger partial charge in [-0.2, -0.15) is 0 Å². The number of nitrogens with one attached hydrogen (secondary N) is 2. The zero-order valence-electron chi connectivity index (χ0n) is 13.6. The second kappa shape index (κ2) is 7.92. The highest BCUT2D eigenvalue weighted by Crippen LogP contribution is 2.22. The third-order valence-electron chi connectivity index (χ3n) is 3.37. The van der Waals surface area contributed by atoms with E-state index in [-0.39, 0.29) is 5.91 Å². The first kappa shape index (κ1) is 17.2. The SMILES string of the molecule is Cc1ccc(Cl)cc1Nc1ncc(C(=O)NCCC(C)C)cn1. The number of hydrogen-bond donors (Lipinski definition) is 2. The van der Waals surface area contributed by atoms with Crippen LogP contribution >= 0.6 is 11.6 Å². The topological polar surface area (TPSA) is 66.9 Å². The van der Waals surface area contributed by atoms with E-state index in [1.54, 1.807) is 0 Å². The number of nitrogens with zero attached hydrogens (tertiary/aromatic N) is 2. The smallest absolute Gasteiger partial charge is 0.254 e. The van der Waals surface area contributed by atoms with E-state index in [9.17, 15) is 4.79 Å². The minimum Gasteiger partial charge on any atom is -0.352 e. The van der Waals surface area contributed by atoms with Gasteiger partial charge in [0, 0.05) is 29.6 Å². The Morgan fingerprint density at radius 2 is 1.96 bits per heavy atom. The van der Waals surface area contributed by atoms with E-state index in [4.69, 9.17) is 11.6 Å². The maximum atomic E-state index is 12.0. The summed E-state index contributed by atoms with van der Waals surface area (Å²) in [6, 6.07) is 5.56. The first-order valence-electron chi connectivity index (χ1n) is 7.59. The van der Waals surface area contributed by atoms with Gasteiger partial charge in [-0.3, -0.25) is 4.79 Å². The highest BCUT2D eigenvalue weighted by Gasteiger charge is 2.08. The van der Waals surface area contributed by atoms with Crippen LogP contribution in [0, 0.1) is 12.8 Å². The molecule has 0 atom stereocenters. The molecule has 1 aromatic heterocycles. The first-order chi connectivity index (χ1) is 11.0. The van der Waals surface area contributed by atoms with E-state index in [1.165, 1.54) is 12.4 Å². The number of benzene rings is 1. The highest BCUT2D eigenvalue weighted by atomic mass is 35.5. The van der Waals surface area contributed by atoms with Crippen molar-refractivity contribution in [2.45, 2.75) is 27.2 Å². The van der Waals surface area contributed by atoms with Gasteiger partial charge in [-0.15, -0.1) is 0 Å². The van der Waals surface area contributed by atoms with Crippen LogP contribution in [0.4, 0.5) is 11.6 Å². The predicted molar refractivity (Wildman–Crippen MR) is 93.3 cm³/mol. The van der Waals surface area contributed by atoms with E-state index in [2.05, 4.69) is 34.4 Å². The van der Waals surface area contributed by atoms with Crippen molar-refractivity contribution in [3.63, 3.8) is 0 Å². The average molecular weight is 333 g/mol. The summed E-state index contributed by atoms with van der Waals surface area (Å²) < 4.78 is 0. The minimum absolute atomic E-state index is 0.156. The Morgan fingerprint density at radius 1 is 1.26 bits per heavy atom. The number of aromatic nitrogens is 2. The van der Waals surface area contributed by atoms with Crippen LogP contribution in [0.2, 0.25) is 5.02 Å². The largest absolute Gasteiger partial charge is 0.352 e. The van der Waals surface area contributed by atoms with Gasteiger partial charge >= 0.3 is 0 Å². The molecule has 6 heteroatoms. The maximum absolute atomic E-state index is 12.0. The molecule has 2 aromatic rings. The number of halogens is 1. The molecule has 0 bridgehead atoms. The minimum atomic E-state index is -0.156. The zero-order valence-corrected chi connectivity index (χ0v) is 14.3. The maximum Gasteiger partial charge on any atom is 0.254 e. The first-order valence-corrected chi connectivity index (χ1v) is 7.97. The Labute approximate surface area is 141 Å². The quantitative estimate of drug-likeness (QED) is 0.840. The van der Waals surface area contributed by atoms with E-state index in [0.717, 1.165) is 17.7 Å². The van der Waals surface area contributed by atoms with E-state index < -0.39 is 0 Å². The molecule has 1 heterocycles. The second-order valence-corrected chi connectivity index (χ2v) is 6.25. The molecule has 0 saturated carbocycles. The van der Waals surface area contributed by atoms with Crippen molar-refractivity contribution in [3.05, 3.63) is 46.7 Å². The summed E-state index contributed by atoms with van der Waals surface area (Å²) in [7, 11) is 0. The van der Waals surface area contributed by atoms with Gasteiger partial charge in [0.2, 0.25) is 5.95 Å². The van der Waals surface area contributed by atoms with Crippen LogP contribution in [0.3, 0.4) is 0 Å². The van der Waals surface area contributed by atoms with Gasteiger partial charge in [0.1, 0.15) is 0 Å². The van der Waals surface area contributed by atoms with Crippen molar-refractivity contribution in [3.8, 4) is 0 Å². The molecule has 0 fully saturated rings. The Bertz CT molecular complexity index is 671. The molecular formula is C17H21ClN4O. The van der Waals surface area contributed by atoms with Crippen molar-refractivity contribution in [1.29, 1.82) is 0 Å². The van der Waals surface area contributed by atoms with Gasteiger partial charge in [0.15, 0.2) is 0 Å². The van der Waals surface area contributed by atoms with Crippen LogP contribution in [0.15, 0.2) is 30.6 Å². The van der Waals surface area contributed by atoms with E-state index in [0.29, 0.717) is 29.0 Å². The zero-order chi connectivity index (χ0) is 16.8. The third-order valence-corrected chi connectivity index (χ3v) is 3.60. The number of carbonyl (C=O) groups is 1. The van der Waals surface area contributed by atoms with Gasteiger partial charge in [-0.1, -0.05) is 31.5 Å². The number of amides is 1. The fourth-order valence-electron chi connectivity index (χ4n) is 1.94. The summed E-state index contributed by atoms with van der Waals surface area (Å²) in [4.78, 5) is 20.3.